The molecule has 0 spiro atoms. The number of carbonyl (C=O) groups is 2. The lowest BCUT2D eigenvalue weighted by Crippen LogP contribution is -2.39. The topological polar surface area (TPSA) is 173 Å². The molecule has 0 radical (unpaired) electrons. The molecule has 1 aliphatic heterocycles. The number of hydrogen-bond acceptors (Lipinski definition) is 11. The van der Waals surface area contributed by atoms with E-state index in [1.54, 1.807) is 13.8 Å². The predicted molar refractivity (Wildman–Crippen MR) is 135 cm³/mol. The van der Waals surface area contributed by atoms with Gasteiger partial charge in [-0.25, -0.2) is 4.79 Å². The van der Waals surface area contributed by atoms with Crippen LogP contribution in [0.5, 0.6) is 17.2 Å². The third-order valence-corrected chi connectivity index (χ3v) is 5.98. The monoisotopic (exact) mass is 532 g/mol. The van der Waals surface area contributed by atoms with Gasteiger partial charge in [0, 0.05) is 17.3 Å². The van der Waals surface area contributed by atoms with Gasteiger partial charge in [0.05, 0.1) is 21.3 Å². The van der Waals surface area contributed by atoms with E-state index >= 15 is 0 Å². The second kappa shape index (κ2) is 12.1. The van der Waals surface area contributed by atoms with Crippen LogP contribution in [0.1, 0.15) is 30.4 Å². The first-order valence-corrected chi connectivity index (χ1v) is 11.7. The second-order valence-corrected chi connectivity index (χ2v) is 8.82. The first kappa shape index (κ1) is 28.6. The van der Waals surface area contributed by atoms with Crippen LogP contribution < -0.4 is 31.0 Å². The number of carbonyl (C=O) groups excluding carboxylic acids is 2. The zero-order chi connectivity index (χ0) is 28.1. The second-order valence-electron chi connectivity index (χ2n) is 8.82. The average molecular weight is 533 g/mol. The van der Waals surface area contributed by atoms with E-state index in [0.717, 1.165) is 4.57 Å². The molecule has 0 unspecified atom stereocenters. The summed E-state index contributed by atoms with van der Waals surface area (Å²) >= 11 is 0. The van der Waals surface area contributed by atoms with Crippen LogP contribution in [0.2, 0.25) is 0 Å². The summed E-state index contributed by atoms with van der Waals surface area (Å²) in [5.41, 5.74) is 5.36. The maximum Gasteiger partial charge on any atom is 0.351 e. The number of anilines is 1. The predicted octanol–water partition coefficient (Wildman–Crippen LogP) is 0.862. The van der Waals surface area contributed by atoms with Gasteiger partial charge in [0.2, 0.25) is 5.75 Å². The first-order valence-electron chi connectivity index (χ1n) is 11.7. The molecule has 1 saturated heterocycles. The number of methoxy groups -OCH3 is 3. The highest BCUT2D eigenvalue weighted by molar-refractivity contribution is 6.04. The van der Waals surface area contributed by atoms with Crippen molar-refractivity contribution in [3.05, 3.63) is 52.6 Å². The first-order chi connectivity index (χ1) is 18.0. The number of nitrogens with zero attached hydrogens (tertiary/aromatic N) is 2. The molecule has 13 nitrogen and oxygen atoms in total. The summed E-state index contributed by atoms with van der Waals surface area (Å²) in [5, 5.41) is 13.0. The van der Waals surface area contributed by atoms with Crippen LogP contribution in [0.25, 0.3) is 0 Å². The summed E-state index contributed by atoms with van der Waals surface area (Å²) in [6, 6.07) is 3.48. The number of esters is 1. The minimum Gasteiger partial charge on any atom is -0.493 e. The largest absolute Gasteiger partial charge is 0.493 e. The molecular formula is C25H32N4O9. The van der Waals surface area contributed by atoms with Gasteiger partial charge in [-0.15, -0.1) is 0 Å². The van der Waals surface area contributed by atoms with Crippen LogP contribution in [-0.4, -0.2) is 72.7 Å². The Bertz CT molecular complexity index is 1230. The van der Waals surface area contributed by atoms with E-state index < -0.39 is 42.0 Å². The lowest BCUT2D eigenvalue weighted by molar-refractivity contribution is -0.152. The molecule has 1 aliphatic rings. The van der Waals surface area contributed by atoms with Crippen LogP contribution in [-0.2, 0) is 14.3 Å². The number of aliphatic hydroxyl groups excluding tert-OH is 1. The minimum atomic E-state index is -1.20. The molecule has 4 atom stereocenters. The Labute approximate surface area is 219 Å². The lowest BCUT2D eigenvalue weighted by atomic mass is 10.1. The van der Waals surface area contributed by atoms with E-state index in [1.807, 2.05) is 0 Å². The Kier molecular flexibility index (Phi) is 9.09. The molecule has 1 aromatic carbocycles. The number of aliphatic hydroxyl groups is 1. The van der Waals surface area contributed by atoms with Crippen molar-refractivity contribution in [3.8, 4) is 17.2 Å². The van der Waals surface area contributed by atoms with Crippen molar-refractivity contribution < 1.29 is 38.4 Å². The number of nitrogens with two attached hydrogens (primary N) is 1. The van der Waals surface area contributed by atoms with E-state index in [9.17, 15) is 19.5 Å². The molecule has 3 rings (SSSR count). The fraction of sp³-hybridized carbons (Fsp3) is 0.440. The van der Waals surface area contributed by atoms with Crippen LogP contribution in [0.15, 0.2) is 41.3 Å². The SMILES string of the molecule is C=C1[C@H](n2ccc(NC(=O)c3cc(OC)c(OC)c(OC)c3)nc2=O)O[C@H](COC(=O)[C@@H](N)C(C)C)[C@H]1O. The quantitative estimate of drug-likeness (QED) is 0.292. The normalized spacial score (nSPS) is 19.7. The Hall–Kier alpha value is -3.94. The highest BCUT2D eigenvalue weighted by atomic mass is 16.6. The van der Waals surface area contributed by atoms with E-state index in [1.165, 1.54) is 45.7 Å². The Morgan fingerprint density at radius 2 is 1.84 bits per heavy atom. The fourth-order valence-corrected chi connectivity index (χ4v) is 3.68. The van der Waals surface area contributed by atoms with Crippen LogP contribution >= 0.6 is 0 Å². The highest BCUT2D eigenvalue weighted by Crippen LogP contribution is 2.38. The van der Waals surface area contributed by atoms with E-state index in [-0.39, 0.29) is 41.0 Å². The van der Waals surface area contributed by atoms with Crippen molar-refractivity contribution >= 4 is 17.7 Å². The minimum absolute atomic E-state index is 0.0256. The summed E-state index contributed by atoms with van der Waals surface area (Å²) in [5.74, 6) is -0.478. The van der Waals surface area contributed by atoms with Gasteiger partial charge in [-0.1, -0.05) is 20.4 Å². The Morgan fingerprint density at radius 3 is 2.37 bits per heavy atom. The average Bonchev–Trinajstić information content (AvgIpc) is 3.18. The highest BCUT2D eigenvalue weighted by Gasteiger charge is 2.40. The van der Waals surface area contributed by atoms with Gasteiger partial charge in [0.1, 0.15) is 30.7 Å². The van der Waals surface area contributed by atoms with Gasteiger partial charge in [-0.3, -0.25) is 14.2 Å². The number of aromatic nitrogens is 2. The number of rotatable bonds is 10. The van der Waals surface area contributed by atoms with Crippen molar-refractivity contribution in [1.29, 1.82) is 0 Å². The maximum absolute atomic E-state index is 12.8. The van der Waals surface area contributed by atoms with Crippen molar-refractivity contribution in [1.82, 2.24) is 9.55 Å². The fourth-order valence-electron chi connectivity index (χ4n) is 3.68. The summed E-state index contributed by atoms with van der Waals surface area (Å²) < 4.78 is 27.8. The zero-order valence-electron chi connectivity index (χ0n) is 21.8. The number of benzene rings is 1. The van der Waals surface area contributed by atoms with Gasteiger partial charge >= 0.3 is 11.7 Å². The Morgan fingerprint density at radius 1 is 1.21 bits per heavy atom. The van der Waals surface area contributed by atoms with Crippen LogP contribution in [0.3, 0.4) is 0 Å². The summed E-state index contributed by atoms with van der Waals surface area (Å²) in [4.78, 5) is 41.5. The van der Waals surface area contributed by atoms with Gasteiger partial charge in [-0.05, 0) is 24.1 Å². The summed E-state index contributed by atoms with van der Waals surface area (Å²) in [6.07, 6.45) is -1.88. The molecule has 38 heavy (non-hydrogen) atoms. The number of hydrogen-bond donors (Lipinski definition) is 3. The molecule has 1 aromatic heterocycles. The molecule has 2 aromatic rings. The summed E-state index contributed by atoms with van der Waals surface area (Å²) in [6.45, 7) is 7.08. The maximum atomic E-state index is 12.8. The zero-order valence-corrected chi connectivity index (χ0v) is 21.8. The molecule has 206 valence electrons. The van der Waals surface area contributed by atoms with Crippen molar-refractivity contribution in [2.45, 2.75) is 38.3 Å². The molecule has 2 heterocycles. The van der Waals surface area contributed by atoms with E-state index in [2.05, 4.69) is 16.9 Å². The summed E-state index contributed by atoms with van der Waals surface area (Å²) in [7, 11) is 4.29. The standard InChI is InChI=1S/C25H32N4O9/c1-12(2)19(26)24(32)37-11-17-20(30)13(3)23(38-17)29-8-7-18(28-25(29)33)27-22(31)14-9-15(34-4)21(36-6)16(10-14)35-5/h7-10,12,17,19-20,23,30H,3,11,26H2,1-2,4-6H3,(H,27,28,31,33)/t17-,19+,20+,23-/m1/s1. The smallest absolute Gasteiger partial charge is 0.351 e. The van der Waals surface area contributed by atoms with E-state index in [0.29, 0.717) is 5.75 Å². The number of nitrogens with one attached hydrogen (secondary N) is 1. The third-order valence-electron chi connectivity index (χ3n) is 5.98. The van der Waals surface area contributed by atoms with Crippen LogP contribution in [0, 0.1) is 5.92 Å². The molecular weight excluding hydrogens is 500 g/mol. The van der Waals surface area contributed by atoms with Crippen molar-refractivity contribution in [2.75, 3.05) is 33.3 Å². The molecule has 13 heteroatoms. The Balaban J connectivity index is 1.73. The molecule has 0 bridgehead atoms. The van der Waals surface area contributed by atoms with Crippen molar-refractivity contribution in [2.24, 2.45) is 11.7 Å². The van der Waals surface area contributed by atoms with Crippen molar-refractivity contribution in [3.63, 3.8) is 0 Å². The van der Waals surface area contributed by atoms with Gasteiger partial charge in [-0.2, -0.15) is 4.98 Å². The molecule has 0 aliphatic carbocycles. The van der Waals surface area contributed by atoms with E-state index in [4.69, 9.17) is 29.4 Å². The molecule has 1 fully saturated rings. The number of amides is 1. The molecule has 4 N–H and O–H groups in total. The molecule has 1 amide bonds. The van der Waals surface area contributed by atoms with Crippen LogP contribution in [0.4, 0.5) is 5.82 Å². The lowest BCUT2D eigenvalue weighted by Gasteiger charge is -2.18. The number of ether oxygens (including phenoxy) is 5. The molecule has 0 saturated carbocycles. The van der Waals surface area contributed by atoms with Gasteiger partial charge in [0.15, 0.2) is 17.7 Å². The van der Waals surface area contributed by atoms with Gasteiger partial charge in [0.25, 0.3) is 5.91 Å². The third kappa shape index (κ3) is 5.96. The van der Waals surface area contributed by atoms with Gasteiger partial charge < -0.3 is 39.8 Å².